The van der Waals surface area contributed by atoms with Crippen LogP contribution >= 0.6 is 0 Å². The summed E-state index contributed by atoms with van der Waals surface area (Å²) in [4.78, 5) is 12.0. The first kappa shape index (κ1) is 15.0. The van der Waals surface area contributed by atoms with Crippen molar-refractivity contribution in [1.29, 1.82) is 0 Å². The molecule has 1 amide bonds. The molecular formula is C16H17FN2O2. The predicted octanol–water partition coefficient (Wildman–Crippen LogP) is 2.35. The number of nitrogens with two attached hydrogens (primary N) is 1. The summed E-state index contributed by atoms with van der Waals surface area (Å²) in [7, 11) is 0. The topological polar surface area (TPSA) is 75.4 Å². The fraction of sp³-hybridized carbons (Fsp3) is 0.188. The third-order valence-electron chi connectivity index (χ3n) is 3.18. The Labute approximate surface area is 122 Å². The lowest BCUT2D eigenvalue weighted by Gasteiger charge is -2.14. The van der Waals surface area contributed by atoms with E-state index < -0.39 is 6.04 Å². The molecule has 0 heterocycles. The molecule has 2 aromatic carbocycles. The molecule has 0 spiro atoms. The number of nitrogens with one attached hydrogen (secondary N) is 1. The molecular weight excluding hydrogens is 271 g/mol. The molecule has 2 aromatic rings. The Balaban J connectivity index is 2.00. The Bertz CT molecular complexity index is 641. The van der Waals surface area contributed by atoms with Crippen molar-refractivity contribution < 1.29 is 14.3 Å². The van der Waals surface area contributed by atoms with Gasteiger partial charge in [0.1, 0.15) is 11.6 Å². The monoisotopic (exact) mass is 288 g/mol. The van der Waals surface area contributed by atoms with Crippen molar-refractivity contribution in [2.75, 3.05) is 5.32 Å². The Hall–Kier alpha value is -2.40. The smallest absolute Gasteiger partial charge is 0.241 e. The second-order valence-electron chi connectivity index (χ2n) is 4.93. The number of carbonyl (C=O) groups is 1. The Morgan fingerprint density at radius 2 is 1.95 bits per heavy atom. The molecule has 0 aliphatic heterocycles. The van der Waals surface area contributed by atoms with Crippen LogP contribution in [0.4, 0.5) is 10.1 Å². The number of aryl methyl sites for hydroxylation is 1. The highest BCUT2D eigenvalue weighted by molar-refractivity contribution is 5.95. The molecule has 0 aromatic heterocycles. The van der Waals surface area contributed by atoms with Crippen molar-refractivity contribution in [1.82, 2.24) is 0 Å². The van der Waals surface area contributed by atoms with Crippen LogP contribution in [0.1, 0.15) is 11.1 Å². The largest absolute Gasteiger partial charge is 0.508 e. The minimum atomic E-state index is -0.723. The van der Waals surface area contributed by atoms with Crippen molar-refractivity contribution >= 4 is 11.6 Å². The second kappa shape index (κ2) is 6.37. The Kier molecular flexibility index (Phi) is 4.55. The van der Waals surface area contributed by atoms with E-state index in [9.17, 15) is 14.3 Å². The molecule has 0 radical (unpaired) electrons. The molecule has 0 fully saturated rings. The lowest BCUT2D eigenvalue weighted by atomic mass is 10.1. The SMILES string of the molecule is Cc1cc(F)ccc1NC(=O)[C@@H](N)Cc1ccc(O)cc1. The number of aromatic hydroxyl groups is 1. The van der Waals surface area contributed by atoms with Gasteiger partial charge in [-0.1, -0.05) is 12.1 Å². The van der Waals surface area contributed by atoms with E-state index in [4.69, 9.17) is 5.73 Å². The van der Waals surface area contributed by atoms with Gasteiger partial charge in [-0.15, -0.1) is 0 Å². The fourth-order valence-electron chi connectivity index (χ4n) is 1.97. The van der Waals surface area contributed by atoms with Gasteiger partial charge in [-0.2, -0.15) is 0 Å². The highest BCUT2D eigenvalue weighted by Crippen LogP contribution is 2.16. The zero-order valence-electron chi connectivity index (χ0n) is 11.6. The number of phenols is 1. The maximum atomic E-state index is 13.0. The van der Waals surface area contributed by atoms with Crippen LogP contribution in [0.5, 0.6) is 5.75 Å². The number of hydrogen-bond acceptors (Lipinski definition) is 3. The Morgan fingerprint density at radius 1 is 1.29 bits per heavy atom. The van der Waals surface area contributed by atoms with Gasteiger partial charge in [0.25, 0.3) is 0 Å². The minimum Gasteiger partial charge on any atom is -0.508 e. The maximum absolute atomic E-state index is 13.0. The highest BCUT2D eigenvalue weighted by atomic mass is 19.1. The predicted molar refractivity (Wildman–Crippen MR) is 79.6 cm³/mol. The first-order chi connectivity index (χ1) is 9.95. The first-order valence-corrected chi connectivity index (χ1v) is 6.56. The van der Waals surface area contributed by atoms with Crippen molar-refractivity contribution in [3.8, 4) is 5.75 Å². The molecule has 5 heteroatoms. The number of halogens is 1. The van der Waals surface area contributed by atoms with Crippen LogP contribution in [0, 0.1) is 12.7 Å². The molecule has 4 nitrogen and oxygen atoms in total. The zero-order valence-corrected chi connectivity index (χ0v) is 11.6. The van der Waals surface area contributed by atoms with Crippen molar-refractivity contribution in [2.24, 2.45) is 5.73 Å². The van der Waals surface area contributed by atoms with E-state index in [1.165, 1.54) is 18.2 Å². The van der Waals surface area contributed by atoms with Crippen molar-refractivity contribution in [2.45, 2.75) is 19.4 Å². The molecule has 1 atom stereocenters. The van der Waals surface area contributed by atoms with Gasteiger partial charge in [0.2, 0.25) is 5.91 Å². The van der Waals surface area contributed by atoms with E-state index in [1.807, 2.05) is 0 Å². The lowest BCUT2D eigenvalue weighted by molar-refractivity contribution is -0.117. The van der Waals surface area contributed by atoms with E-state index in [-0.39, 0.29) is 17.5 Å². The number of carbonyl (C=O) groups excluding carboxylic acids is 1. The summed E-state index contributed by atoms with van der Waals surface area (Å²) in [5.74, 6) is -0.518. The van der Waals surface area contributed by atoms with Crippen LogP contribution < -0.4 is 11.1 Å². The van der Waals surface area contributed by atoms with Gasteiger partial charge in [0, 0.05) is 5.69 Å². The summed E-state index contributed by atoms with van der Waals surface area (Å²) >= 11 is 0. The van der Waals surface area contributed by atoms with E-state index in [0.29, 0.717) is 17.7 Å². The van der Waals surface area contributed by atoms with Crippen LogP contribution in [0.25, 0.3) is 0 Å². The molecule has 0 aliphatic carbocycles. The van der Waals surface area contributed by atoms with Crippen LogP contribution in [0.2, 0.25) is 0 Å². The molecule has 0 bridgehead atoms. The third-order valence-corrected chi connectivity index (χ3v) is 3.18. The molecule has 0 saturated heterocycles. The standard InChI is InChI=1S/C16H17FN2O2/c1-10-8-12(17)4-7-15(10)19-16(21)14(18)9-11-2-5-13(20)6-3-11/h2-8,14,20H,9,18H2,1H3,(H,19,21)/t14-/m0/s1. The average molecular weight is 288 g/mol. The van der Waals surface area contributed by atoms with E-state index >= 15 is 0 Å². The number of amides is 1. The molecule has 0 aliphatic rings. The third kappa shape index (κ3) is 4.03. The van der Waals surface area contributed by atoms with Gasteiger partial charge in [-0.25, -0.2) is 4.39 Å². The van der Waals surface area contributed by atoms with Crippen LogP contribution in [0.15, 0.2) is 42.5 Å². The van der Waals surface area contributed by atoms with Gasteiger partial charge in [-0.3, -0.25) is 4.79 Å². The summed E-state index contributed by atoms with van der Waals surface area (Å²) in [5, 5.41) is 11.9. The average Bonchev–Trinajstić information content (AvgIpc) is 2.44. The molecule has 21 heavy (non-hydrogen) atoms. The number of rotatable bonds is 4. The summed E-state index contributed by atoms with van der Waals surface area (Å²) in [5.41, 5.74) is 7.90. The van der Waals surface area contributed by atoms with E-state index in [1.54, 1.807) is 31.2 Å². The number of hydrogen-bond donors (Lipinski definition) is 3. The maximum Gasteiger partial charge on any atom is 0.241 e. The van der Waals surface area contributed by atoms with Gasteiger partial charge < -0.3 is 16.2 Å². The minimum absolute atomic E-state index is 0.165. The quantitative estimate of drug-likeness (QED) is 0.808. The molecule has 0 unspecified atom stereocenters. The summed E-state index contributed by atoms with van der Waals surface area (Å²) in [6, 6.07) is 9.94. The zero-order chi connectivity index (χ0) is 15.4. The van der Waals surface area contributed by atoms with Crippen LogP contribution in [-0.2, 0) is 11.2 Å². The fourth-order valence-corrected chi connectivity index (χ4v) is 1.97. The van der Waals surface area contributed by atoms with Gasteiger partial charge in [0.05, 0.1) is 6.04 Å². The molecule has 4 N–H and O–H groups in total. The second-order valence-corrected chi connectivity index (χ2v) is 4.93. The van der Waals surface area contributed by atoms with E-state index in [2.05, 4.69) is 5.32 Å². The van der Waals surface area contributed by atoms with Gasteiger partial charge in [-0.05, 0) is 54.8 Å². The van der Waals surface area contributed by atoms with Crippen LogP contribution in [0.3, 0.4) is 0 Å². The van der Waals surface area contributed by atoms with Gasteiger partial charge in [0.15, 0.2) is 0 Å². The summed E-state index contributed by atoms with van der Waals surface area (Å²) < 4.78 is 13.0. The summed E-state index contributed by atoms with van der Waals surface area (Å²) in [6.07, 6.45) is 0.354. The number of benzene rings is 2. The van der Waals surface area contributed by atoms with Crippen LogP contribution in [-0.4, -0.2) is 17.1 Å². The Morgan fingerprint density at radius 3 is 2.57 bits per heavy atom. The highest BCUT2D eigenvalue weighted by Gasteiger charge is 2.15. The van der Waals surface area contributed by atoms with Crippen molar-refractivity contribution in [3.63, 3.8) is 0 Å². The number of anilines is 1. The van der Waals surface area contributed by atoms with Gasteiger partial charge >= 0.3 is 0 Å². The first-order valence-electron chi connectivity index (χ1n) is 6.56. The van der Waals surface area contributed by atoms with E-state index in [0.717, 1.165) is 5.56 Å². The normalized spacial score (nSPS) is 12.0. The van der Waals surface area contributed by atoms with Crippen molar-refractivity contribution in [3.05, 3.63) is 59.4 Å². The molecule has 110 valence electrons. The summed E-state index contributed by atoms with van der Waals surface area (Å²) in [6.45, 7) is 1.71. The number of phenolic OH excluding ortho intramolecular Hbond substituents is 1. The lowest BCUT2D eigenvalue weighted by Crippen LogP contribution is -2.37. The molecule has 0 saturated carbocycles. The molecule has 2 rings (SSSR count).